The van der Waals surface area contributed by atoms with Crippen LogP contribution < -0.4 is 5.32 Å². The second-order valence-electron chi connectivity index (χ2n) is 5.34. The molecule has 132 valence electrons. The van der Waals surface area contributed by atoms with Gasteiger partial charge in [0.25, 0.3) is 5.69 Å². The minimum Gasteiger partial charge on any atom is -0.370 e. The number of anilines is 1. The Hall–Kier alpha value is -2.25. The fraction of sp³-hybridized carbons (Fsp3) is 0.133. The molecule has 2 aromatic carbocycles. The molecule has 3 aromatic rings. The van der Waals surface area contributed by atoms with Gasteiger partial charge in [0.15, 0.2) is 0 Å². The maximum atomic E-state index is 11.5. The van der Waals surface area contributed by atoms with Crippen LogP contribution in [0.5, 0.6) is 0 Å². The van der Waals surface area contributed by atoms with Crippen molar-refractivity contribution >= 4 is 53.2 Å². The van der Waals surface area contributed by atoms with Gasteiger partial charge in [-0.3, -0.25) is 14.7 Å². The van der Waals surface area contributed by atoms with E-state index in [9.17, 15) is 24.5 Å². The summed E-state index contributed by atoms with van der Waals surface area (Å²) in [7, 11) is -4.42. The molecule has 0 amide bonds. The molecule has 0 saturated heterocycles. The fourth-order valence-corrected chi connectivity index (χ4v) is 2.82. The number of halogens is 1. The summed E-state index contributed by atoms with van der Waals surface area (Å²) >= 11 is 0. The Morgan fingerprint density at radius 2 is 1.80 bits per heavy atom. The third-order valence-electron chi connectivity index (χ3n) is 3.74. The van der Waals surface area contributed by atoms with Crippen LogP contribution in [-0.4, -0.2) is 25.5 Å². The molecule has 0 bridgehead atoms. The normalized spacial score (nSPS) is 12.6. The zero-order valence-electron chi connectivity index (χ0n) is 13.0. The third kappa shape index (κ3) is 3.57. The topological polar surface area (TPSA) is 126 Å². The van der Waals surface area contributed by atoms with Crippen molar-refractivity contribution in [2.75, 3.05) is 5.32 Å². The summed E-state index contributed by atoms with van der Waals surface area (Å²) in [4.78, 5) is 34.0. The Bertz CT molecular complexity index is 1010. The van der Waals surface area contributed by atoms with Gasteiger partial charge in [-0.2, -0.15) is 0 Å². The van der Waals surface area contributed by atoms with Crippen LogP contribution in [0, 0.1) is 10.1 Å². The van der Waals surface area contributed by atoms with E-state index >= 15 is 0 Å². The Kier molecular flexibility index (Phi) is 5.29. The summed E-state index contributed by atoms with van der Waals surface area (Å²) in [6, 6.07) is 11.4. The number of hydrogen-bond acceptors (Lipinski definition) is 5. The number of nitro benzene ring substituents is 1. The van der Waals surface area contributed by atoms with Crippen molar-refractivity contribution in [1.82, 2.24) is 4.98 Å². The molecule has 1 heterocycles. The largest absolute Gasteiger partial charge is 0.370 e. The van der Waals surface area contributed by atoms with E-state index in [0.717, 1.165) is 0 Å². The number of pyridine rings is 1. The number of aromatic nitrogens is 1. The predicted octanol–water partition coefficient (Wildman–Crippen LogP) is 3.65. The average molecular weight is 384 g/mol. The van der Waals surface area contributed by atoms with Crippen LogP contribution in [0.1, 0.15) is 6.92 Å². The van der Waals surface area contributed by atoms with E-state index in [1.54, 1.807) is 30.3 Å². The Labute approximate surface area is 148 Å². The quantitative estimate of drug-likeness (QED) is 0.271. The zero-order chi connectivity index (χ0) is 17.5. The van der Waals surface area contributed by atoms with Crippen molar-refractivity contribution < 1.29 is 19.3 Å². The molecule has 3 rings (SSSR count). The number of benzene rings is 2. The standard InChI is InChI=1S/C15H14N3O5P.ClH/c1-9(24(21,22)23)16-15-10-5-2-3-6-11(10)17-12-7-4-8-13(14(12)15)18(19)20;/h2-9H,1H3,(H,16,17)(H2,21,22,23);1H. The van der Waals surface area contributed by atoms with Crippen LogP contribution in [0.25, 0.3) is 21.8 Å². The maximum Gasteiger partial charge on any atom is 0.347 e. The van der Waals surface area contributed by atoms with Crippen LogP contribution in [0.4, 0.5) is 11.4 Å². The summed E-state index contributed by atoms with van der Waals surface area (Å²) in [5.74, 6) is -1.20. The van der Waals surface area contributed by atoms with Crippen LogP contribution in [0.15, 0.2) is 42.5 Å². The molecular weight excluding hydrogens is 369 g/mol. The lowest BCUT2D eigenvalue weighted by Crippen LogP contribution is -2.16. The van der Waals surface area contributed by atoms with Crippen molar-refractivity contribution in [3.05, 3.63) is 52.6 Å². The third-order valence-corrected chi connectivity index (χ3v) is 4.88. The highest BCUT2D eigenvalue weighted by Gasteiger charge is 2.27. The lowest BCUT2D eigenvalue weighted by Gasteiger charge is -2.19. The van der Waals surface area contributed by atoms with Crippen molar-refractivity contribution in [2.45, 2.75) is 12.7 Å². The Balaban J connectivity index is 0.00000225. The second kappa shape index (κ2) is 6.93. The monoisotopic (exact) mass is 383 g/mol. The van der Waals surface area contributed by atoms with Gasteiger partial charge in [-0.15, -0.1) is 12.4 Å². The van der Waals surface area contributed by atoms with Gasteiger partial charge in [0, 0.05) is 11.5 Å². The number of hydrogen-bond donors (Lipinski definition) is 3. The van der Waals surface area contributed by atoms with Crippen LogP contribution in [0.3, 0.4) is 0 Å². The van der Waals surface area contributed by atoms with E-state index in [-0.39, 0.29) is 23.5 Å². The van der Waals surface area contributed by atoms with E-state index < -0.39 is 18.3 Å². The zero-order valence-corrected chi connectivity index (χ0v) is 14.7. The van der Waals surface area contributed by atoms with Gasteiger partial charge in [-0.05, 0) is 19.1 Å². The van der Waals surface area contributed by atoms with E-state index in [1.807, 2.05) is 0 Å². The molecule has 0 radical (unpaired) electrons. The second-order valence-corrected chi connectivity index (χ2v) is 7.29. The number of nitro groups is 1. The summed E-state index contributed by atoms with van der Waals surface area (Å²) < 4.78 is 11.5. The van der Waals surface area contributed by atoms with Gasteiger partial charge >= 0.3 is 7.60 Å². The van der Waals surface area contributed by atoms with Crippen molar-refractivity contribution in [2.24, 2.45) is 0 Å². The van der Waals surface area contributed by atoms with E-state index in [0.29, 0.717) is 22.1 Å². The van der Waals surface area contributed by atoms with Crippen LogP contribution in [0.2, 0.25) is 0 Å². The number of nitrogens with zero attached hydrogens (tertiary/aromatic N) is 2. The molecule has 25 heavy (non-hydrogen) atoms. The summed E-state index contributed by atoms with van der Waals surface area (Å²) in [6.45, 7) is 1.33. The van der Waals surface area contributed by atoms with Crippen molar-refractivity contribution in [1.29, 1.82) is 0 Å². The molecule has 1 atom stereocenters. The molecule has 0 fully saturated rings. The highest BCUT2D eigenvalue weighted by Crippen LogP contribution is 2.44. The van der Waals surface area contributed by atoms with E-state index in [4.69, 9.17) is 0 Å². The number of fused-ring (bicyclic) bond motifs is 2. The molecule has 1 unspecified atom stereocenters. The first-order valence-corrected chi connectivity index (χ1v) is 8.75. The minimum absolute atomic E-state index is 0. The first-order chi connectivity index (χ1) is 11.3. The van der Waals surface area contributed by atoms with Gasteiger partial charge in [0.2, 0.25) is 0 Å². The first-order valence-electron chi connectivity index (χ1n) is 7.06. The van der Waals surface area contributed by atoms with Crippen LogP contribution in [-0.2, 0) is 4.57 Å². The SMILES string of the molecule is CC(Nc1c2ccccc2nc2cccc([N+](=O)[O-])c12)P(=O)(O)O.Cl. The molecule has 8 nitrogen and oxygen atoms in total. The van der Waals surface area contributed by atoms with Crippen molar-refractivity contribution in [3.63, 3.8) is 0 Å². The number of non-ortho nitro benzene ring substituents is 1. The lowest BCUT2D eigenvalue weighted by molar-refractivity contribution is -0.383. The fourth-order valence-electron chi connectivity index (χ4n) is 2.52. The molecule has 0 aliphatic carbocycles. The lowest BCUT2D eigenvalue weighted by atomic mass is 10.1. The molecule has 3 N–H and O–H groups in total. The maximum absolute atomic E-state index is 11.5. The number of para-hydroxylation sites is 1. The van der Waals surface area contributed by atoms with Gasteiger partial charge < -0.3 is 15.1 Å². The Morgan fingerprint density at radius 3 is 2.44 bits per heavy atom. The molecule has 0 saturated carbocycles. The van der Waals surface area contributed by atoms with Gasteiger partial charge in [0.1, 0.15) is 11.2 Å². The predicted molar refractivity (Wildman–Crippen MR) is 98.3 cm³/mol. The van der Waals surface area contributed by atoms with Gasteiger partial charge in [-0.25, -0.2) is 4.98 Å². The van der Waals surface area contributed by atoms with Gasteiger partial charge in [-0.1, -0.05) is 24.3 Å². The minimum atomic E-state index is -4.42. The summed E-state index contributed by atoms with van der Waals surface area (Å²) in [6.07, 6.45) is 0. The molecular formula is C15H15ClN3O5P. The van der Waals surface area contributed by atoms with E-state index in [1.165, 1.54) is 19.1 Å². The van der Waals surface area contributed by atoms with E-state index in [2.05, 4.69) is 10.3 Å². The molecule has 0 aliphatic rings. The summed E-state index contributed by atoms with van der Waals surface area (Å²) in [5.41, 5.74) is 1.07. The van der Waals surface area contributed by atoms with Gasteiger partial charge in [0.05, 0.1) is 21.6 Å². The molecule has 0 spiro atoms. The molecule has 10 heteroatoms. The highest BCUT2D eigenvalue weighted by molar-refractivity contribution is 7.52. The number of nitrogens with one attached hydrogen (secondary N) is 1. The Morgan fingerprint density at radius 1 is 1.16 bits per heavy atom. The average Bonchev–Trinajstić information content (AvgIpc) is 2.52. The highest BCUT2D eigenvalue weighted by atomic mass is 35.5. The van der Waals surface area contributed by atoms with Crippen molar-refractivity contribution in [3.8, 4) is 0 Å². The molecule has 1 aromatic heterocycles. The molecule has 0 aliphatic heterocycles. The number of rotatable bonds is 4. The summed E-state index contributed by atoms with van der Waals surface area (Å²) in [5, 5.41) is 14.9. The smallest absolute Gasteiger partial charge is 0.347 e. The van der Waals surface area contributed by atoms with Crippen LogP contribution >= 0.6 is 20.0 Å². The first kappa shape index (κ1) is 19.1.